The lowest BCUT2D eigenvalue weighted by molar-refractivity contribution is -0.122. The van der Waals surface area contributed by atoms with Gasteiger partial charge in [-0.15, -0.1) is 0 Å². The number of carbonyl (C=O) groups excluding carboxylic acids is 1. The van der Waals surface area contributed by atoms with Gasteiger partial charge in [-0.1, -0.05) is 0 Å². The van der Waals surface area contributed by atoms with Crippen molar-refractivity contribution >= 4 is 5.91 Å². The molecular weight excluding hydrogens is 252 g/mol. The Morgan fingerprint density at radius 1 is 1.35 bits per heavy atom. The van der Waals surface area contributed by atoms with Gasteiger partial charge in [0.2, 0.25) is 5.91 Å². The number of likely N-dealkylation sites (N-methyl/N-ethyl adjacent to an activating group) is 1. The van der Waals surface area contributed by atoms with Crippen molar-refractivity contribution in [3.8, 4) is 0 Å². The molecule has 1 saturated heterocycles. The van der Waals surface area contributed by atoms with Gasteiger partial charge >= 0.3 is 0 Å². The largest absolute Gasteiger partial charge is 0.376 e. The smallest absolute Gasteiger partial charge is 0.234 e. The van der Waals surface area contributed by atoms with Gasteiger partial charge in [-0.3, -0.25) is 9.69 Å². The molecule has 0 aromatic heterocycles. The zero-order chi connectivity index (χ0) is 14.6. The third kappa shape index (κ3) is 4.19. The van der Waals surface area contributed by atoms with E-state index in [2.05, 4.69) is 24.1 Å². The van der Waals surface area contributed by atoms with Crippen LogP contribution in [0.4, 0.5) is 0 Å². The molecular formula is C16H30N2O2. The van der Waals surface area contributed by atoms with Crippen LogP contribution in [0.15, 0.2) is 0 Å². The number of hydrogen-bond donors (Lipinski definition) is 1. The highest BCUT2D eigenvalue weighted by atomic mass is 16.5. The van der Waals surface area contributed by atoms with Crippen LogP contribution in [0, 0.1) is 5.41 Å². The molecule has 1 heterocycles. The van der Waals surface area contributed by atoms with Crippen molar-refractivity contribution in [3.05, 3.63) is 0 Å². The van der Waals surface area contributed by atoms with Gasteiger partial charge in [-0.2, -0.15) is 0 Å². The first-order valence-electron chi connectivity index (χ1n) is 8.17. The molecule has 1 atom stereocenters. The molecule has 2 fully saturated rings. The van der Waals surface area contributed by atoms with Crippen molar-refractivity contribution < 1.29 is 9.53 Å². The van der Waals surface area contributed by atoms with E-state index in [1.54, 1.807) is 0 Å². The van der Waals surface area contributed by atoms with Crippen LogP contribution in [0.2, 0.25) is 0 Å². The predicted molar refractivity (Wildman–Crippen MR) is 80.7 cm³/mol. The minimum absolute atomic E-state index is 0.163. The monoisotopic (exact) mass is 282 g/mol. The first-order chi connectivity index (χ1) is 9.53. The summed E-state index contributed by atoms with van der Waals surface area (Å²) in [5.41, 5.74) is 0.497. The Balaban J connectivity index is 1.75. The number of likely N-dealkylation sites (tertiary alicyclic amines) is 1. The fourth-order valence-corrected chi connectivity index (χ4v) is 3.75. The maximum absolute atomic E-state index is 11.6. The van der Waals surface area contributed by atoms with Crippen molar-refractivity contribution in [2.75, 3.05) is 26.2 Å². The van der Waals surface area contributed by atoms with Crippen molar-refractivity contribution in [1.82, 2.24) is 10.2 Å². The number of nitrogens with one attached hydrogen (secondary N) is 1. The molecule has 1 spiro atoms. The van der Waals surface area contributed by atoms with Gasteiger partial charge in [0.1, 0.15) is 0 Å². The standard InChI is InChI=1S/C16H30N2O2/c1-4-17-15(19)12-18-9-7-16(8-10-18)6-5-14(11-16)20-13(2)3/h13-14H,4-12H2,1-3H3,(H,17,19). The fraction of sp³-hybridized carbons (Fsp3) is 0.938. The first-order valence-corrected chi connectivity index (χ1v) is 8.17. The van der Waals surface area contributed by atoms with Crippen LogP contribution in [0.1, 0.15) is 52.9 Å². The van der Waals surface area contributed by atoms with Gasteiger partial charge in [-0.25, -0.2) is 0 Å². The summed E-state index contributed by atoms with van der Waals surface area (Å²) < 4.78 is 5.98. The topological polar surface area (TPSA) is 41.6 Å². The lowest BCUT2D eigenvalue weighted by Crippen LogP contribution is -2.44. The summed E-state index contributed by atoms with van der Waals surface area (Å²) in [7, 11) is 0. The molecule has 20 heavy (non-hydrogen) atoms. The molecule has 2 aliphatic rings. The summed E-state index contributed by atoms with van der Waals surface area (Å²) >= 11 is 0. The van der Waals surface area contributed by atoms with Crippen LogP contribution in [-0.4, -0.2) is 49.2 Å². The summed E-state index contributed by atoms with van der Waals surface area (Å²) in [6.07, 6.45) is 7.00. The highest BCUT2D eigenvalue weighted by molar-refractivity contribution is 5.77. The lowest BCUT2D eigenvalue weighted by atomic mass is 9.77. The molecule has 1 N–H and O–H groups in total. The minimum atomic E-state index is 0.163. The average molecular weight is 282 g/mol. The molecule has 0 aromatic carbocycles. The van der Waals surface area contributed by atoms with Crippen molar-refractivity contribution in [2.24, 2.45) is 5.41 Å². The van der Waals surface area contributed by atoms with Gasteiger partial charge in [0.15, 0.2) is 0 Å². The molecule has 0 radical (unpaired) electrons. The highest BCUT2D eigenvalue weighted by Crippen LogP contribution is 2.47. The molecule has 0 aromatic rings. The Kier molecular flexibility index (Phi) is 5.44. The Bertz CT molecular complexity index is 322. The second-order valence-corrected chi connectivity index (χ2v) is 6.78. The van der Waals surface area contributed by atoms with E-state index in [1.165, 1.54) is 32.1 Å². The van der Waals surface area contributed by atoms with Crippen molar-refractivity contribution in [3.63, 3.8) is 0 Å². The molecule has 2 rings (SSSR count). The SMILES string of the molecule is CCNC(=O)CN1CCC2(CCC(OC(C)C)C2)CC1. The molecule has 1 amide bonds. The van der Waals surface area contributed by atoms with Crippen LogP contribution in [-0.2, 0) is 9.53 Å². The molecule has 1 aliphatic heterocycles. The van der Waals surface area contributed by atoms with E-state index in [0.717, 1.165) is 19.6 Å². The number of piperidine rings is 1. The van der Waals surface area contributed by atoms with Crippen LogP contribution in [0.3, 0.4) is 0 Å². The maximum atomic E-state index is 11.6. The zero-order valence-corrected chi connectivity index (χ0v) is 13.3. The van der Waals surface area contributed by atoms with E-state index >= 15 is 0 Å². The third-order valence-corrected chi connectivity index (χ3v) is 4.78. The molecule has 1 saturated carbocycles. The Hall–Kier alpha value is -0.610. The fourth-order valence-electron chi connectivity index (χ4n) is 3.75. The van der Waals surface area contributed by atoms with Crippen molar-refractivity contribution in [1.29, 1.82) is 0 Å². The van der Waals surface area contributed by atoms with Crippen LogP contribution >= 0.6 is 0 Å². The molecule has 0 bridgehead atoms. The van der Waals surface area contributed by atoms with Gasteiger partial charge in [0.05, 0.1) is 18.8 Å². The highest BCUT2D eigenvalue weighted by Gasteiger charge is 2.41. The van der Waals surface area contributed by atoms with E-state index in [-0.39, 0.29) is 5.91 Å². The maximum Gasteiger partial charge on any atom is 0.234 e. The second-order valence-electron chi connectivity index (χ2n) is 6.78. The van der Waals surface area contributed by atoms with E-state index in [1.807, 2.05) is 6.92 Å². The van der Waals surface area contributed by atoms with E-state index in [9.17, 15) is 4.79 Å². The summed E-state index contributed by atoms with van der Waals surface area (Å²) in [5, 5.41) is 2.88. The van der Waals surface area contributed by atoms with E-state index in [0.29, 0.717) is 24.2 Å². The van der Waals surface area contributed by atoms with Crippen LogP contribution in [0.5, 0.6) is 0 Å². The summed E-state index contributed by atoms with van der Waals surface area (Å²) in [6, 6.07) is 0. The van der Waals surface area contributed by atoms with Gasteiger partial charge in [-0.05, 0) is 71.4 Å². The normalized spacial score (nSPS) is 26.3. The van der Waals surface area contributed by atoms with Crippen LogP contribution < -0.4 is 5.32 Å². The molecule has 4 heteroatoms. The number of nitrogens with zero attached hydrogens (tertiary/aromatic N) is 1. The van der Waals surface area contributed by atoms with Gasteiger partial charge in [0.25, 0.3) is 0 Å². The second kappa shape index (κ2) is 6.90. The van der Waals surface area contributed by atoms with Crippen molar-refractivity contribution in [2.45, 2.75) is 65.1 Å². The van der Waals surface area contributed by atoms with Gasteiger partial charge < -0.3 is 10.1 Å². The number of rotatable bonds is 5. The quantitative estimate of drug-likeness (QED) is 0.840. The Morgan fingerprint density at radius 3 is 2.65 bits per heavy atom. The number of ether oxygens (including phenoxy) is 1. The first kappa shape index (κ1) is 15.8. The predicted octanol–water partition coefficient (Wildman–Crippen LogP) is 2.18. The third-order valence-electron chi connectivity index (χ3n) is 4.78. The summed E-state index contributed by atoms with van der Waals surface area (Å²) in [4.78, 5) is 13.9. The minimum Gasteiger partial charge on any atom is -0.376 e. The van der Waals surface area contributed by atoms with Gasteiger partial charge in [0, 0.05) is 6.54 Å². The lowest BCUT2D eigenvalue weighted by Gasteiger charge is -2.39. The number of hydrogen-bond acceptors (Lipinski definition) is 3. The molecule has 1 unspecified atom stereocenters. The molecule has 116 valence electrons. The number of amides is 1. The summed E-state index contributed by atoms with van der Waals surface area (Å²) in [6.45, 7) is 9.63. The zero-order valence-electron chi connectivity index (χ0n) is 13.3. The van der Waals surface area contributed by atoms with E-state index < -0.39 is 0 Å². The van der Waals surface area contributed by atoms with E-state index in [4.69, 9.17) is 4.74 Å². The Labute approximate surface area is 123 Å². The molecule has 4 nitrogen and oxygen atoms in total. The van der Waals surface area contributed by atoms with Crippen LogP contribution in [0.25, 0.3) is 0 Å². The number of carbonyl (C=O) groups is 1. The Morgan fingerprint density at radius 2 is 2.05 bits per heavy atom. The molecule has 1 aliphatic carbocycles. The average Bonchev–Trinajstić information content (AvgIpc) is 2.75. The summed E-state index contributed by atoms with van der Waals surface area (Å²) in [5.74, 6) is 0.163.